The van der Waals surface area contributed by atoms with Gasteiger partial charge in [-0.3, -0.25) is 4.79 Å². The number of hydrogen-bond acceptors (Lipinski definition) is 3. The first-order valence-corrected chi connectivity index (χ1v) is 11.7. The van der Waals surface area contributed by atoms with Crippen LogP contribution < -0.4 is 20.4 Å². The van der Waals surface area contributed by atoms with E-state index in [2.05, 4.69) is 46.7 Å². The monoisotopic (exact) mass is 436 g/mol. The van der Waals surface area contributed by atoms with Gasteiger partial charge in [0.2, 0.25) is 5.91 Å². The van der Waals surface area contributed by atoms with Crippen LogP contribution in [0.15, 0.2) is 42.5 Å². The van der Waals surface area contributed by atoms with Crippen molar-refractivity contribution in [2.24, 2.45) is 5.92 Å². The number of amides is 1. The number of hydrogen-bond donors (Lipinski definition) is 2. The lowest BCUT2D eigenvalue weighted by Crippen LogP contribution is -2.34. The predicted octanol–water partition coefficient (Wildman–Crippen LogP) is 4.84. The number of anilines is 3. The molecule has 0 spiro atoms. The number of benzene rings is 2. The van der Waals surface area contributed by atoms with Crippen LogP contribution in [0.5, 0.6) is 0 Å². The molecule has 0 aromatic heterocycles. The van der Waals surface area contributed by atoms with Crippen LogP contribution in [0.25, 0.3) is 0 Å². The molecule has 1 unspecified atom stereocenters. The van der Waals surface area contributed by atoms with Crippen molar-refractivity contribution in [3.8, 4) is 0 Å². The van der Waals surface area contributed by atoms with E-state index in [0.717, 1.165) is 48.9 Å². The molecule has 2 aromatic carbocycles. The van der Waals surface area contributed by atoms with Crippen molar-refractivity contribution >= 4 is 40.3 Å². The van der Waals surface area contributed by atoms with Crippen LogP contribution in [0.2, 0.25) is 0 Å². The molecular weight excluding hydrogens is 404 g/mol. The first kappa shape index (κ1) is 21.6. The zero-order valence-corrected chi connectivity index (χ0v) is 19.3. The van der Waals surface area contributed by atoms with Gasteiger partial charge in [0.1, 0.15) is 0 Å². The van der Waals surface area contributed by atoms with Crippen LogP contribution in [0.3, 0.4) is 0 Å². The van der Waals surface area contributed by atoms with Gasteiger partial charge in [-0.15, -0.1) is 0 Å². The molecule has 2 aliphatic rings. The number of rotatable bonds is 5. The molecule has 2 aromatic rings. The largest absolute Gasteiger partial charge is 0.371 e. The fourth-order valence-electron chi connectivity index (χ4n) is 4.55. The Morgan fingerprint density at radius 2 is 1.94 bits per heavy atom. The van der Waals surface area contributed by atoms with Crippen LogP contribution in [-0.4, -0.2) is 30.7 Å². The third-order valence-corrected chi connectivity index (χ3v) is 6.48. The first-order chi connectivity index (χ1) is 15.0. The van der Waals surface area contributed by atoms with Gasteiger partial charge in [-0.1, -0.05) is 19.1 Å². The lowest BCUT2D eigenvalue weighted by molar-refractivity contribution is -0.117. The van der Waals surface area contributed by atoms with Gasteiger partial charge in [0, 0.05) is 49.7 Å². The molecule has 0 saturated carbocycles. The molecule has 0 bridgehead atoms. The normalized spacial score (nSPS) is 18.9. The molecule has 1 amide bonds. The summed E-state index contributed by atoms with van der Waals surface area (Å²) in [6.45, 7) is 8.16. The second-order valence-corrected chi connectivity index (χ2v) is 9.23. The number of nitrogens with one attached hydrogen (secondary N) is 2. The van der Waals surface area contributed by atoms with Crippen molar-refractivity contribution in [3.05, 3.63) is 53.6 Å². The van der Waals surface area contributed by atoms with E-state index in [1.54, 1.807) is 0 Å². The fraction of sp³-hybridized carbons (Fsp3) is 0.440. The number of thiocarbonyl (C=S) groups is 1. The molecule has 2 N–H and O–H groups in total. The van der Waals surface area contributed by atoms with E-state index in [0.29, 0.717) is 18.1 Å². The molecule has 164 valence electrons. The SMILES string of the molecule is Cc1cc(NC(=S)NCc2ccc(N3CCCC(C)C3)cc2)ccc1N1CCCC1=O. The highest BCUT2D eigenvalue weighted by Crippen LogP contribution is 2.27. The third kappa shape index (κ3) is 5.37. The summed E-state index contributed by atoms with van der Waals surface area (Å²) in [5.41, 5.74) is 5.51. The topological polar surface area (TPSA) is 47.6 Å². The lowest BCUT2D eigenvalue weighted by atomic mass is 9.99. The van der Waals surface area contributed by atoms with Gasteiger partial charge < -0.3 is 20.4 Å². The van der Waals surface area contributed by atoms with E-state index in [1.807, 2.05) is 30.0 Å². The molecule has 0 aliphatic carbocycles. The van der Waals surface area contributed by atoms with E-state index in [4.69, 9.17) is 12.2 Å². The maximum absolute atomic E-state index is 12.0. The first-order valence-electron chi connectivity index (χ1n) is 11.3. The number of carbonyl (C=O) groups is 1. The van der Waals surface area contributed by atoms with Crippen LogP contribution in [0, 0.1) is 12.8 Å². The Kier molecular flexibility index (Phi) is 6.76. The summed E-state index contributed by atoms with van der Waals surface area (Å²) in [6.07, 6.45) is 4.19. The van der Waals surface area contributed by atoms with Gasteiger partial charge in [-0.05, 0) is 85.8 Å². The Bertz CT molecular complexity index is 943. The molecule has 5 nitrogen and oxygen atoms in total. The number of carbonyl (C=O) groups excluding carboxylic acids is 1. The van der Waals surface area contributed by atoms with E-state index >= 15 is 0 Å². The minimum atomic E-state index is 0.210. The molecule has 1 atom stereocenters. The van der Waals surface area contributed by atoms with E-state index in [9.17, 15) is 4.79 Å². The Balaban J connectivity index is 1.29. The molecule has 0 radical (unpaired) electrons. The van der Waals surface area contributed by atoms with E-state index in [-0.39, 0.29) is 5.91 Å². The zero-order chi connectivity index (χ0) is 21.8. The second-order valence-electron chi connectivity index (χ2n) is 8.82. The number of piperidine rings is 1. The average molecular weight is 437 g/mol. The highest BCUT2D eigenvalue weighted by atomic mass is 32.1. The average Bonchev–Trinajstić information content (AvgIpc) is 3.18. The Hall–Kier alpha value is -2.60. The van der Waals surface area contributed by atoms with Crippen molar-refractivity contribution in [2.75, 3.05) is 34.8 Å². The van der Waals surface area contributed by atoms with Gasteiger partial charge in [0.05, 0.1) is 0 Å². The standard InChI is InChI=1S/C25H32N4OS/c1-18-5-3-13-28(17-18)22-10-7-20(8-11-22)16-26-25(31)27-21-9-12-23(19(2)15-21)29-14-4-6-24(29)30/h7-12,15,18H,3-6,13-14,16-17H2,1-2H3,(H2,26,27,31). The number of aryl methyl sites for hydroxylation is 1. The zero-order valence-electron chi connectivity index (χ0n) is 18.5. The molecule has 4 rings (SSSR count). The van der Waals surface area contributed by atoms with Crippen LogP contribution >= 0.6 is 12.2 Å². The van der Waals surface area contributed by atoms with Crippen LogP contribution in [-0.2, 0) is 11.3 Å². The van der Waals surface area contributed by atoms with E-state index in [1.165, 1.54) is 24.1 Å². The summed E-state index contributed by atoms with van der Waals surface area (Å²) < 4.78 is 0. The molecule has 31 heavy (non-hydrogen) atoms. The van der Waals surface area contributed by atoms with Gasteiger partial charge in [-0.2, -0.15) is 0 Å². The Morgan fingerprint density at radius 3 is 2.61 bits per heavy atom. The maximum atomic E-state index is 12.0. The smallest absolute Gasteiger partial charge is 0.227 e. The maximum Gasteiger partial charge on any atom is 0.227 e. The Morgan fingerprint density at radius 1 is 1.13 bits per heavy atom. The van der Waals surface area contributed by atoms with Crippen molar-refractivity contribution in [2.45, 2.75) is 46.1 Å². The van der Waals surface area contributed by atoms with Crippen LogP contribution in [0.4, 0.5) is 17.1 Å². The van der Waals surface area contributed by atoms with Gasteiger partial charge in [-0.25, -0.2) is 0 Å². The highest BCUT2D eigenvalue weighted by Gasteiger charge is 2.23. The fourth-order valence-corrected chi connectivity index (χ4v) is 4.74. The quantitative estimate of drug-likeness (QED) is 0.657. The lowest BCUT2D eigenvalue weighted by Gasteiger charge is -2.32. The third-order valence-electron chi connectivity index (χ3n) is 6.23. The minimum absolute atomic E-state index is 0.210. The second kappa shape index (κ2) is 9.69. The summed E-state index contributed by atoms with van der Waals surface area (Å²) in [5.74, 6) is 0.980. The molecular formula is C25H32N4OS. The summed E-state index contributed by atoms with van der Waals surface area (Å²) >= 11 is 5.48. The molecule has 2 fully saturated rings. The summed E-state index contributed by atoms with van der Waals surface area (Å²) in [6, 6.07) is 14.8. The van der Waals surface area contributed by atoms with Gasteiger partial charge in [0.15, 0.2) is 5.11 Å². The van der Waals surface area contributed by atoms with Crippen molar-refractivity contribution in [1.29, 1.82) is 0 Å². The summed E-state index contributed by atoms with van der Waals surface area (Å²) in [4.78, 5) is 16.4. The van der Waals surface area contributed by atoms with Crippen LogP contribution in [0.1, 0.15) is 43.7 Å². The predicted molar refractivity (Wildman–Crippen MR) is 133 cm³/mol. The molecule has 2 heterocycles. The van der Waals surface area contributed by atoms with Crippen molar-refractivity contribution < 1.29 is 4.79 Å². The molecule has 2 aliphatic heterocycles. The Labute approximate surface area is 190 Å². The minimum Gasteiger partial charge on any atom is -0.371 e. The molecule has 2 saturated heterocycles. The summed E-state index contributed by atoms with van der Waals surface area (Å²) in [7, 11) is 0. The highest BCUT2D eigenvalue weighted by molar-refractivity contribution is 7.80. The van der Waals surface area contributed by atoms with Crippen molar-refractivity contribution in [3.63, 3.8) is 0 Å². The van der Waals surface area contributed by atoms with E-state index < -0.39 is 0 Å². The van der Waals surface area contributed by atoms with Crippen molar-refractivity contribution in [1.82, 2.24) is 5.32 Å². The summed E-state index contributed by atoms with van der Waals surface area (Å²) in [5, 5.41) is 7.15. The number of nitrogens with zero attached hydrogens (tertiary/aromatic N) is 2. The molecule has 6 heteroatoms. The van der Waals surface area contributed by atoms with Gasteiger partial charge in [0.25, 0.3) is 0 Å². The van der Waals surface area contributed by atoms with Gasteiger partial charge >= 0.3 is 0 Å².